The molecule has 0 unspecified atom stereocenters. The van der Waals surface area contributed by atoms with Crippen molar-refractivity contribution in [2.45, 2.75) is 52.0 Å². The van der Waals surface area contributed by atoms with Crippen molar-refractivity contribution in [2.24, 2.45) is 0 Å². The largest absolute Gasteiger partial charge is 0.467 e. The van der Waals surface area contributed by atoms with E-state index < -0.39 is 0 Å². The van der Waals surface area contributed by atoms with Crippen molar-refractivity contribution in [3.05, 3.63) is 77.0 Å². The van der Waals surface area contributed by atoms with Gasteiger partial charge in [-0.25, -0.2) is 0 Å². The molecule has 0 spiro atoms. The molecule has 0 bridgehead atoms. The fourth-order valence-corrected chi connectivity index (χ4v) is 4.65. The standard InChI is InChI=1S/C24H27N3O3/c1-16-13-21(17(2)26(16)14-18-7-5-11-29-18)23-25-22-10-4-3-9-20(22)24(28)27(23)15-19-8-6-12-30-19/h3-4,6,8-10,12-13,18,23,25H,5,7,11,14-15H2,1-2H3/t18-,23-/m1/s1. The van der Waals surface area contributed by atoms with Gasteiger partial charge in [-0.1, -0.05) is 12.1 Å². The highest BCUT2D eigenvalue weighted by Crippen LogP contribution is 2.36. The SMILES string of the molecule is Cc1cc([C@@H]2Nc3ccccc3C(=O)N2Cc2ccco2)c(C)n1C[C@H]1CCCO1. The molecule has 1 aromatic carbocycles. The van der Waals surface area contributed by atoms with Crippen molar-refractivity contribution in [3.63, 3.8) is 0 Å². The number of para-hydroxylation sites is 1. The number of anilines is 1. The maximum atomic E-state index is 13.4. The lowest BCUT2D eigenvalue weighted by atomic mass is 10.0. The molecule has 30 heavy (non-hydrogen) atoms. The van der Waals surface area contributed by atoms with Gasteiger partial charge in [-0.2, -0.15) is 0 Å². The molecule has 2 aliphatic heterocycles. The topological polar surface area (TPSA) is 59.6 Å². The van der Waals surface area contributed by atoms with Crippen LogP contribution in [0.5, 0.6) is 0 Å². The third kappa shape index (κ3) is 3.31. The van der Waals surface area contributed by atoms with Gasteiger partial charge in [-0.05, 0) is 57.0 Å². The minimum atomic E-state index is -0.262. The minimum Gasteiger partial charge on any atom is -0.467 e. The van der Waals surface area contributed by atoms with Crippen molar-refractivity contribution >= 4 is 11.6 Å². The molecule has 2 aliphatic rings. The second-order valence-electron chi connectivity index (χ2n) is 8.18. The van der Waals surface area contributed by atoms with E-state index >= 15 is 0 Å². The van der Waals surface area contributed by atoms with Crippen LogP contribution >= 0.6 is 0 Å². The van der Waals surface area contributed by atoms with E-state index in [4.69, 9.17) is 9.15 Å². The summed E-state index contributed by atoms with van der Waals surface area (Å²) in [6.07, 6.45) is 3.88. The first-order chi connectivity index (χ1) is 14.6. The molecule has 1 saturated heterocycles. The van der Waals surface area contributed by atoms with E-state index in [1.807, 2.05) is 41.3 Å². The summed E-state index contributed by atoms with van der Waals surface area (Å²) in [5, 5.41) is 3.60. The molecule has 2 atom stereocenters. The van der Waals surface area contributed by atoms with Crippen molar-refractivity contribution in [1.82, 2.24) is 9.47 Å². The van der Waals surface area contributed by atoms with Gasteiger partial charge in [-0.3, -0.25) is 4.79 Å². The summed E-state index contributed by atoms with van der Waals surface area (Å²) < 4.78 is 13.7. The fourth-order valence-electron chi connectivity index (χ4n) is 4.65. The van der Waals surface area contributed by atoms with Crippen LogP contribution in [0, 0.1) is 13.8 Å². The van der Waals surface area contributed by atoms with Crippen LogP contribution in [-0.4, -0.2) is 28.1 Å². The molecule has 1 N–H and O–H groups in total. The molecular formula is C24H27N3O3. The number of ether oxygens (including phenoxy) is 1. The van der Waals surface area contributed by atoms with Crippen LogP contribution in [0.15, 0.2) is 53.1 Å². The van der Waals surface area contributed by atoms with Crippen LogP contribution in [0.3, 0.4) is 0 Å². The molecule has 0 saturated carbocycles. The highest BCUT2D eigenvalue weighted by Gasteiger charge is 2.35. The number of hydrogen-bond acceptors (Lipinski definition) is 4. The number of furan rings is 1. The highest BCUT2D eigenvalue weighted by atomic mass is 16.5. The number of amides is 1. The number of nitrogens with zero attached hydrogens (tertiary/aromatic N) is 2. The Kier molecular flexibility index (Phi) is 4.87. The van der Waals surface area contributed by atoms with Crippen molar-refractivity contribution < 1.29 is 13.9 Å². The molecule has 156 valence electrons. The Morgan fingerprint density at radius 3 is 2.80 bits per heavy atom. The molecule has 4 heterocycles. The molecule has 0 radical (unpaired) electrons. The third-order valence-corrected chi connectivity index (χ3v) is 6.25. The van der Waals surface area contributed by atoms with Gasteiger partial charge in [0, 0.05) is 35.8 Å². The molecule has 6 nitrogen and oxygen atoms in total. The number of hydrogen-bond donors (Lipinski definition) is 1. The predicted molar refractivity (Wildman–Crippen MR) is 114 cm³/mol. The van der Waals surface area contributed by atoms with Crippen LogP contribution in [0.1, 0.15) is 52.1 Å². The van der Waals surface area contributed by atoms with E-state index in [-0.39, 0.29) is 18.2 Å². The lowest BCUT2D eigenvalue weighted by Gasteiger charge is -2.37. The lowest BCUT2D eigenvalue weighted by molar-refractivity contribution is 0.0650. The maximum Gasteiger partial charge on any atom is 0.258 e. The van der Waals surface area contributed by atoms with Gasteiger partial charge in [0.1, 0.15) is 11.9 Å². The predicted octanol–water partition coefficient (Wildman–Crippen LogP) is 4.64. The zero-order valence-electron chi connectivity index (χ0n) is 17.4. The molecule has 5 rings (SSSR count). The summed E-state index contributed by atoms with van der Waals surface area (Å²) in [4.78, 5) is 15.3. The number of benzene rings is 1. The Hall–Kier alpha value is -2.99. The van der Waals surface area contributed by atoms with Crippen LogP contribution in [-0.2, 0) is 17.8 Å². The Balaban J connectivity index is 1.53. The highest BCUT2D eigenvalue weighted by molar-refractivity contribution is 6.01. The Labute approximate surface area is 176 Å². The number of nitrogens with one attached hydrogen (secondary N) is 1. The summed E-state index contributed by atoms with van der Waals surface area (Å²) in [5.41, 5.74) is 5.02. The van der Waals surface area contributed by atoms with E-state index in [0.717, 1.165) is 48.7 Å². The van der Waals surface area contributed by atoms with Gasteiger partial charge in [0.2, 0.25) is 0 Å². The Bertz CT molecular complexity index is 1050. The van der Waals surface area contributed by atoms with E-state index in [9.17, 15) is 4.79 Å². The molecule has 3 aromatic rings. The first-order valence-corrected chi connectivity index (χ1v) is 10.6. The summed E-state index contributed by atoms with van der Waals surface area (Å²) in [6.45, 7) is 6.37. The Morgan fingerprint density at radius 2 is 2.03 bits per heavy atom. The molecular weight excluding hydrogens is 378 g/mol. The fraction of sp³-hybridized carbons (Fsp3) is 0.375. The number of aromatic nitrogens is 1. The summed E-state index contributed by atoms with van der Waals surface area (Å²) in [5.74, 6) is 0.775. The zero-order valence-corrected chi connectivity index (χ0v) is 17.4. The smallest absolute Gasteiger partial charge is 0.258 e. The Morgan fingerprint density at radius 1 is 1.17 bits per heavy atom. The van der Waals surface area contributed by atoms with Gasteiger partial charge in [0.15, 0.2) is 0 Å². The van der Waals surface area contributed by atoms with Crippen molar-refractivity contribution in [2.75, 3.05) is 11.9 Å². The second kappa shape index (κ2) is 7.69. The van der Waals surface area contributed by atoms with E-state index in [1.165, 1.54) is 5.69 Å². The number of aryl methyl sites for hydroxylation is 1. The molecule has 1 amide bonds. The minimum absolute atomic E-state index is 0.00896. The summed E-state index contributed by atoms with van der Waals surface area (Å²) in [6, 6.07) is 13.7. The second-order valence-corrected chi connectivity index (χ2v) is 8.18. The maximum absolute atomic E-state index is 13.4. The van der Waals surface area contributed by atoms with Crippen LogP contribution < -0.4 is 5.32 Å². The average Bonchev–Trinajstić information content (AvgIpc) is 3.50. The van der Waals surface area contributed by atoms with Crippen molar-refractivity contribution in [3.8, 4) is 0 Å². The van der Waals surface area contributed by atoms with E-state index in [0.29, 0.717) is 12.1 Å². The number of fused-ring (bicyclic) bond motifs is 1. The monoisotopic (exact) mass is 405 g/mol. The number of rotatable bonds is 5. The van der Waals surface area contributed by atoms with Crippen molar-refractivity contribution in [1.29, 1.82) is 0 Å². The molecule has 2 aromatic heterocycles. The first-order valence-electron chi connectivity index (χ1n) is 10.6. The molecule has 1 fully saturated rings. The number of carbonyl (C=O) groups is 1. The van der Waals surface area contributed by atoms with Gasteiger partial charge >= 0.3 is 0 Å². The molecule has 6 heteroatoms. The van der Waals surface area contributed by atoms with E-state index in [1.54, 1.807) is 6.26 Å². The summed E-state index contributed by atoms with van der Waals surface area (Å²) in [7, 11) is 0. The van der Waals surface area contributed by atoms with Gasteiger partial charge in [-0.15, -0.1) is 0 Å². The zero-order chi connectivity index (χ0) is 20.7. The van der Waals surface area contributed by atoms with Gasteiger partial charge in [0.25, 0.3) is 5.91 Å². The quantitative estimate of drug-likeness (QED) is 0.672. The van der Waals surface area contributed by atoms with Crippen LogP contribution in [0.2, 0.25) is 0 Å². The third-order valence-electron chi connectivity index (χ3n) is 6.25. The first kappa shape index (κ1) is 19.0. The van der Waals surface area contributed by atoms with Gasteiger partial charge in [0.05, 0.1) is 24.5 Å². The van der Waals surface area contributed by atoms with Gasteiger partial charge < -0.3 is 23.9 Å². The molecule has 0 aliphatic carbocycles. The van der Waals surface area contributed by atoms with Crippen LogP contribution in [0.25, 0.3) is 0 Å². The number of carbonyl (C=O) groups excluding carboxylic acids is 1. The average molecular weight is 405 g/mol. The lowest BCUT2D eigenvalue weighted by Crippen LogP contribution is -2.42. The van der Waals surface area contributed by atoms with Crippen LogP contribution in [0.4, 0.5) is 5.69 Å². The normalized spacial score (nSPS) is 21.0. The van der Waals surface area contributed by atoms with E-state index in [2.05, 4.69) is 29.8 Å². The summed E-state index contributed by atoms with van der Waals surface area (Å²) >= 11 is 0.